The molecule has 0 amide bonds. The number of hydrogen-bond acceptors (Lipinski definition) is 2. The van der Waals surface area contributed by atoms with Crippen LogP contribution in [0.3, 0.4) is 0 Å². The van der Waals surface area contributed by atoms with E-state index < -0.39 is 11.2 Å². The first-order valence-electron chi connectivity index (χ1n) is 5.64. The second kappa shape index (κ2) is 4.93. The van der Waals surface area contributed by atoms with Gasteiger partial charge in [0.25, 0.3) is 0 Å². The Labute approximate surface area is 105 Å². The van der Waals surface area contributed by atoms with Crippen LogP contribution in [0.15, 0.2) is 18.2 Å². The van der Waals surface area contributed by atoms with Crippen molar-refractivity contribution in [1.29, 1.82) is 5.26 Å². The molecule has 0 spiro atoms. The van der Waals surface area contributed by atoms with Crippen molar-refractivity contribution in [2.45, 2.75) is 25.7 Å². The normalized spacial score (nSPS) is 17.7. The first-order chi connectivity index (χ1) is 8.15. The summed E-state index contributed by atoms with van der Waals surface area (Å²) in [5, 5.41) is 9.43. The van der Waals surface area contributed by atoms with Crippen LogP contribution >= 0.6 is 11.6 Å². The van der Waals surface area contributed by atoms with Crippen LogP contribution < -0.4 is 4.74 Å². The summed E-state index contributed by atoms with van der Waals surface area (Å²) < 4.78 is 18.4. The van der Waals surface area contributed by atoms with E-state index in [4.69, 9.17) is 16.3 Å². The quantitative estimate of drug-likeness (QED) is 0.817. The summed E-state index contributed by atoms with van der Waals surface area (Å²) in [4.78, 5) is 0. The molecule has 2 nitrogen and oxygen atoms in total. The van der Waals surface area contributed by atoms with E-state index in [1.807, 2.05) is 0 Å². The molecule has 0 radical (unpaired) electrons. The second-order valence-electron chi connectivity index (χ2n) is 4.46. The van der Waals surface area contributed by atoms with Crippen LogP contribution in [-0.2, 0) is 0 Å². The van der Waals surface area contributed by atoms with Crippen molar-refractivity contribution in [3.63, 3.8) is 0 Å². The molecule has 4 heteroatoms. The standard InChI is InChI=1S/C13H13ClFNO/c14-11-7-10(15)3-4-12(11)17-9-13(8-16)5-1-2-6-13/h3-4,7H,1-2,5-6,9H2. The zero-order chi connectivity index (χ0) is 12.3. The fourth-order valence-corrected chi connectivity index (χ4v) is 2.37. The van der Waals surface area contributed by atoms with E-state index in [1.165, 1.54) is 18.2 Å². The van der Waals surface area contributed by atoms with Crippen molar-refractivity contribution >= 4 is 11.6 Å². The SMILES string of the molecule is N#CC1(COc2ccc(F)cc2Cl)CCCC1. The van der Waals surface area contributed by atoms with Crippen LogP contribution in [0.4, 0.5) is 4.39 Å². The third kappa shape index (κ3) is 2.70. The summed E-state index contributed by atoms with van der Waals surface area (Å²) in [7, 11) is 0. The van der Waals surface area contributed by atoms with Crippen molar-refractivity contribution in [1.82, 2.24) is 0 Å². The van der Waals surface area contributed by atoms with E-state index in [0.29, 0.717) is 12.4 Å². The number of rotatable bonds is 3. The van der Waals surface area contributed by atoms with Gasteiger partial charge in [0.15, 0.2) is 0 Å². The third-order valence-corrected chi connectivity index (χ3v) is 3.49. The lowest BCUT2D eigenvalue weighted by Gasteiger charge is -2.20. The first-order valence-corrected chi connectivity index (χ1v) is 6.02. The molecular formula is C13H13ClFNO. The minimum atomic E-state index is -0.391. The molecule has 17 heavy (non-hydrogen) atoms. The maximum Gasteiger partial charge on any atom is 0.138 e. The highest BCUT2D eigenvalue weighted by Gasteiger charge is 2.35. The van der Waals surface area contributed by atoms with Crippen molar-refractivity contribution < 1.29 is 9.13 Å². The van der Waals surface area contributed by atoms with E-state index in [1.54, 1.807) is 0 Å². The van der Waals surface area contributed by atoms with Crippen molar-refractivity contribution in [3.8, 4) is 11.8 Å². The van der Waals surface area contributed by atoms with Gasteiger partial charge in [0, 0.05) is 0 Å². The van der Waals surface area contributed by atoms with E-state index in [2.05, 4.69) is 6.07 Å². The first kappa shape index (κ1) is 12.2. The lowest BCUT2D eigenvalue weighted by Crippen LogP contribution is -2.23. The Morgan fingerprint density at radius 3 is 2.71 bits per heavy atom. The van der Waals surface area contributed by atoms with Gasteiger partial charge >= 0.3 is 0 Å². The Hall–Kier alpha value is -1.27. The molecule has 1 aromatic carbocycles. The van der Waals surface area contributed by atoms with E-state index >= 15 is 0 Å². The topological polar surface area (TPSA) is 33.0 Å². The fourth-order valence-electron chi connectivity index (χ4n) is 2.15. The largest absolute Gasteiger partial charge is 0.490 e. The molecule has 1 fully saturated rings. The highest BCUT2D eigenvalue weighted by atomic mass is 35.5. The van der Waals surface area contributed by atoms with Gasteiger partial charge in [0.1, 0.15) is 18.2 Å². The van der Waals surface area contributed by atoms with Crippen molar-refractivity contribution in [3.05, 3.63) is 29.0 Å². The Morgan fingerprint density at radius 1 is 1.41 bits per heavy atom. The molecule has 0 unspecified atom stereocenters. The highest BCUT2D eigenvalue weighted by Crippen LogP contribution is 2.38. The fraction of sp³-hybridized carbons (Fsp3) is 0.462. The predicted molar refractivity (Wildman–Crippen MR) is 63.4 cm³/mol. The number of halogens is 2. The lowest BCUT2D eigenvalue weighted by atomic mass is 9.89. The van der Waals surface area contributed by atoms with Gasteiger partial charge in [-0.15, -0.1) is 0 Å². The van der Waals surface area contributed by atoms with Gasteiger partial charge < -0.3 is 4.74 Å². The van der Waals surface area contributed by atoms with Gasteiger partial charge in [-0.05, 0) is 31.0 Å². The van der Waals surface area contributed by atoms with Gasteiger partial charge in [0.05, 0.1) is 16.5 Å². The number of nitriles is 1. The summed E-state index contributed by atoms with van der Waals surface area (Å²) >= 11 is 5.86. The molecule has 2 rings (SSSR count). The van der Waals surface area contributed by atoms with Crippen LogP contribution in [0.25, 0.3) is 0 Å². The lowest BCUT2D eigenvalue weighted by molar-refractivity contribution is 0.201. The second-order valence-corrected chi connectivity index (χ2v) is 4.87. The number of ether oxygens (including phenoxy) is 1. The number of nitrogens with zero attached hydrogens (tertiary/aromatic N) is 1. The monoisotopic (exact) mass is 253 g/mol. The summed E-state index contributed by atoms with van der Waals surface area (Å²) in [6, 6.07) is 6.35. The van der Waals surface area contributed by atoms with Gasteiger partial charge in [0.2, 0.25) is 0 Å². The van der Waals surface area contributed by atoms with Crippen LogP contribution in [-0.4, -0.2) is 6.61 Å². The molecule has 0 atom stereocenters. The molecule has 0 N–H and O–H groups in total. The van der Waals surface area contributed by atoms with Gasteiger partial charge in [-0.2, -0.15) is 5.26 Å². The Morgan fingerprint density at radius 2 is 2.12 bits per heavy atom. The number of benzene rings is 1. The van der Waals surface area contributed by atoms with Gasteiger partial charge in [-0.3, -0.25) is 0 Å². The Balaban J connectivity index is 2.04. The molecule has 1 aliphatic carbocycles. The molecule has 0 aliphatic heterocycles. The van der Waals surface area contributed by atoms with E-state index in [0.717, 1.165) is 25.7 Å². The molecule has 1 aliphatic rings. The predicted octanol–water partition coefficient (Wildman–Crippen LogP) is 3.94. The van der Waals surface area contributed by atoms with Gasteiger partial charge in [-0.25, -0.2) is 4.39 Å². The van der Waals surface area contributed by atoms with Crippen LogP contribution in [0.5, 0.6) is 5.75 Å². The molecule has 0 saturated heterocycles. The average Bonchev–Trinajstić information content (AvgIpc) is 2.77. The molecular weight excluding hydrogens is 241 g/mol. The van der Waals surface area contributed by atoms with Crippen LogP contribution in [0.1, 0.15) is 25.7 Å². The van der Waals surface area contributed by atoms with Crippen LogP contribution in [0, 0.1) is 22.6 Å². The van der Waals surface area contributed by atoms with Gasteiger partial charge in [-0.1, -0.05) is 24.4 Å². The smallest absolute Gasteiger partial charge is 0.138 e. The summed E-state index contributed by atoms with van der Waals surface area (Å²) in [5.41, 5.74) is -0.391. The van der Waals surface area contributed by atoms with Crippen molar-refractivity contribution in [2.75, 3.05) is 6.61 Å². The minimum Gasteiger partial charge on any atom is -0.490 e. The maximum absolute atomic E-state index is 12.8. The third-order valence-electron chi connectivity index (χ3n) is 3.20. The molecule has 0 aromatic heterocycles. The van der Waals surface area contributed by atoms with Crippen molar-refractivity contribution in [2.24, 2.45) is 5.41 Å². The summed E-state index contributed by atoms with van der Waals surface area (Å²) in [6.45, 7) is 0.328. The highest BCUT2D eigenvalue weighted by molar-refractivity contribution is 6.32. The van der Waals surface area contributed by atoms with E-state index in [9.17, 15) is 9.65 Å². The molecule has 1 aromatic rings. The maximum atomic E-state index is 12.8. The zero-order valence-corrected chi connectivity index (χ0v) is 10.1. The number of hydrogen-bond donors (Lipinski definition) is 0. The molecule has 1 saturated carbocycles. The molecule has 90 valence electrons. The summed E-state index contributed by atoms with van der Waals surface area (Å²) in [6.07, 6.45) is 3.85. The Bertz CT molecular complexity index is 449. The summed E-state index contributed by atoms with van der Waals surface area (Å²) in [5.74, 6) is 0.0489. The zero-order valence-electron chi connectivity index (χ0n) is 9.38. The Kier molecular flexibility index (Phi) is 3.54. The van der Waals surface area contributed by atoms with E-state index in [-0.39, 0.29) is 5.02 Å². The van der Waals surface area contributed by atoms with Crippen LogP contribution in [0.2, 0.25) is 5.02 Å². The molecule has 0 bridgehead atoms. The molecule has 0 heterocycles. The average molecular weight is 254 g/mol. The minimum absolute atomic E-state index is 0.246.